The van der Waals surface area contributed by atoms with Gasteiger partial charge in [-0.05, 0) is 56.5 Å². The average Bonchev–Trinajstić information content (AvgIpc) is 3.25. The van der Waals surface area contributed by atoms with Crippen molar-refractivity contribution in [3.63, 3.8) is 0 Å². The van der Waals surface area contributed by atoms with E-state index in [0.717, 1.165) is 23.0 Å². The van der Waals surface area contributed by atoms with Gasteiger partial charge < -0.3 is 4.90 Å². The van der Waals surface area contributed by atoms with E-state index in [2.05, 4.69) is 15.2 Å². The molecule has 0 N–H and O–H groups in total. The van der Waals surface area contributed by atoms with E-state index in [0.29, 0.717) is 28.3 Å². The molecule has 36 heavy (non-hydrogen) atoms. The third-order valence-corrected chi connectivity index (χ3v) is 9.94. The number of fused-ring (bicyclic) bond motifs is 3. The Bertz CT molecular complexity index is 1690. The Kier molecular flexibility index (Phi) is 6.17. The lowest BCUT2D eigenvalue weighted by atomic mass is 10.1. The molecular formula is C26H24FN5O2S2. The predicted molar refractivity (Wildman–Crippen MR) is 142 cm³/mol. The number of aromatic nitrogens is 4. The van der Waals surface area contributed by atoms with Crippen LogP contribution in [0.4, 0.5) is 15.9 Å². The van der Waals surface area contributed by atoms with Crippen LogP contribution in [-0.2, 0) is 9.84 Å². The van der Waals surface area contributed by atoms with Crippen LogP contribution in [-0.4, -0.2) is 41.3 Å². The normalized spacial score (nSPS) is 12.8. The molecule has 0 amide bonds. The maximum Gasteiger partial charge on any atom is 0.257 e. The van der Waals surface area contributed by atoms with Crippen molar-refractivity contribution in [3.05, 3.63) is 89.5 Å². The fraction of sp³-hybridized carbons (Fsp3) is 0.192. The van der Waals surface area contributed by atoms with E-state index in [9.17, 15) is 8.42 Å². The largest absolute Gasteiger partial charge is 0.329 e. The zero-order valence-corrected chi connectivity index (χ0v) is 21.8. The van der Waals surface area contributed by atoms with Crippen LogP contribution in [0, 0.1) is 19.7 Å². The lowest BCUT2D eigenvalue weighted by Gasteiger charge is -2.22. The molecule has 0 fully saturated rings. The van der Waals surface area contributed by atoms with Gasteiger partial charge in [-0.15, -0.1) is 22.0 Å². The molecule has 0 aliphatic rings. The highest BCUT2D eigenvalue weighted by Gasteiger charge is 2.32. The first-order valence-corrected chi connectivity index (χ1v) is 14.0. The van der Waals surface area contributed by atoms with Crippen molar-refractivity contribution < 1.29 is 12.8 Å². The number of para-hydroxylation sites is 1. The Morgan fingerprint density at radius 2 is 1.69 bits per heavy atom. The maximum atomic E-state index is 15.8. The second kappa shape index (κ2) is 9.18. The lowest BCUT2D eigenvalue weighted by molar-refractivity contribution is 0.586. The topological polar surface area (TPSA) is 80.5 Å². The standard InChI is InChI=1S/C26H24FN5O2S2/c1-16-10-12-19(13-11-16)36(33,34)25(35-4)20-15-23-21(14-22(20)27)24(28-26-30-29-17(2)32(23)26)31(3)18-8-6-5-7-9-18/h5-15,25H,1-4H3. The van der Waals surface area contributed by atoms with Crippen molar-refractivity contribution in [3.8, 4) is 0 Å². The third kappa shape index (κ3) is 4.00. The SMILES string of the molecule is CSC(c1cc2c(cc1F)c(N(C)c1ccccc1)nc1nnc(C)n12)S(=O)(=O)c1ccc(C)cc1. The quantitative estimate of drug-likeness (QED) is 0.286. The van der Waals surface area contributed by atoms with Crippen LogP contribution >= 0.6 is 11.8 Å². The van der Waals surface area contributed by atoms with E-state index in [4.69, 9.17) is 0 Å². The number of halogens is 1. The van der Waals surface area contributed by atoms with E-state index in [-0.39, 0.29) is 10.5 Å². The van der Waals surface area contributed by atoms with Crippen molar-refractivity contribution >= 4 is 49.8 Å². The number of hydrogen-bond donors (Lipinski definition) is 0. The number of thioether (sulfide) groups is 1. The molecule has 7 nitrogen and oxygen atoms in total. The minimum absolute atomic E-state index is 0.0736. The fourth-order valence-electron chi connectivity index (χ4n) is 4.29. The first kappa shape index (κ1) is 24.2. The zero-order valence-electron chi connectivity index (χ0n) is 20.2. The van der Waals surface area contributed by atoms with Gasteiger partial charge in [0.2, 0.25) is 0 Å². The Morgan fingerprint density at radius 3 is 2.36 bits per heavy atom. The summed E-state index contributed by atoms with van der Waals surface area (Å²) < 4.78 is 43.5. The average molecular weight is 522 g/mol. The molecule has 0 saturated carbocycles. The van der Waals surface area contributed by atoms with Gasteiger partial charge in [-0.25, -0.2) is 12.8 Å². The molecular weight excluding hydrogens is 497 g/mol. The maximum absolute atomic E-state index is 15.8. The van der Waals surface area contributed by atoms with E-state index >= 15 is 4.39 Å². The van der Waals surface area contributed by atoms with Crippen molar-refractivity contribution in [1.82, 2.24) is 19.6 Å². The Balaban J connectivity index is 1.76. The number of anilines is 2. The molecule has 0 radical (unpaired) electrons. The zero-order chi connectivity index (χ0) is 25.6. The van der Waals surface area contributed by atoms with Crippen molar-refractivity contribution in [2.75, 3.05) is 18.2 Å². The summed E-state index contributed by atoms with van der Waals surface area (Å²) in [6, 6.07) is 19.1. The number of benzene rings is 3. The van der Waals surface area contributed by atoms with E-state index in [1.54, 1.807) is 47.9 Å². The molecule has 0 aliphatic heterocycles. The molecule has 2 heterocycles. The molecule has 2 aromatic heterocycles. The first-order chi connectivity index (χ1) is 17.2. The highest BCUT2D eigenvalue weighted by Crippen LogP contribution is 2.41. The summed E-state index contributed by atoms with van der Waals surface area (Å²) in [6.45, 7) is 3.66. The number of nitrogens with zero attached hydrogens (tertiary/aromatic N) is 5. The minimum Gasteiger partial charge on any atom is -0.329 e. The van der Waals surface area contributed by atoms with Crippen LogP contribution in [0.2, 0.25) is 0 Å². The second-order valence-electron chi connectivity index (χ2n) is 8.53. The number of sulfone groups is 1. The molecule has 3 aromatic carbocycles. The molecule has 0 saturated heterocycles. The predicted octanol–water partition coefficient (Wildman–Crippen LogP) is 5.64. The van der Waals surface area contributed by atoms with Crippen LogP contribution in [0.5, 0.6) is 0 Å². The summed E-state index contributed by atoms with van der Waals surface area (Å²) in [5.74, 6) is 0.782. The fourth-order valence-corrected chi connectivity index (χ4v) is 7.34. The summed E-state index contributed by atoms with van der Waals surface area (Å²) in [4.78, 5) is 6.66. The summed E-state index contributed by atoms with van der Waals surface area (Å²) in [5, 5.41) is 8.86. The smallest absolute Gasteiger partial charge is 0.257 e. The summed E-state index contributed by atoms with van der Waals surface area (Å²) >= 11 is 1.08. The molecule has 0 aliphatic carbocycles. The molecule has 10 heteroatoms. The van der Waals surface area contributed by atoms with E-state index in [1.165, 1.54) is 6.07 Å². The molecule has 0 bridgehead atoms. The van der Waals surface area contributed by atoms with Crippen LogP contribution in [0.25, 0.3) is 16.7 Å². The molecule has 0 spiro atoms. The van der Waals surface area contributed by atoms with Crippen molar-refractivity contribution in [2.45, 2.75) is 23.3 Å². The van der Waals surface area contributed by atoms with Crippen molar-refractivity contribution in [2.24, 2.45) is 0 Å². The highest BCUT2D eigenvalue weighted by molar-refractivity contribution is 8.12. The summed E-state index contributed by atoms with van der Waals surface area (Å²) in [5.41, 5.74) is 2.46. The summed E-state index contributed by atoms with van der Waals surface area (Å²) in [6.07, 6.45) is 1.67. The van der Waals surface area contributed by atoms with Crippen LogP contribution < -0.4 is 4.90 Å². The number of rotatable bonds is 6. The highest BCUT2D eigenvalue weighted by atomic mass is 32.3. The van der Waals surface area contributed by atoms with Gasteiger partial charge in [0.15, 0.2) is 9.84 Å². The first-order valence-electron chi connectivity index (χ1n) is 11.2. The van der Waals surface area contributed by atoms with Gasteiger partial charge in [0.05, 0.1) is 10.4 Å². The number of hydrogen-bond acceptors (Lipinski definition) is 7. The van der Waals surface area contributed by atoms with Gasteiger partial charge in [-0.1, -0.05) is 35.9 Å². The molecule has 1 unspecified atom stereocenters. The molecule has 184 valence electrons. The molecule has 1 atom stereocenters. The van der Waals surface area contributed by atoms with Gasteiger partial charge in [0.25, 0.3) is 5.78 Å². The minimum atomic E-state index is -3.88. The Morgan fingerprint density at radius 1 is 1.00 bits per heavy atom. The third-order valence-electron chi connectivity index (χ3n) is 6.17. The Labute approximate surface area is 212 Å². The van der Waals surface area contributed by atoms with Gasteiger partial charge in [-0.3, -0.25) is 4.40 Å². The van der Waals surface area contributed by atoms with Crippen LogP contribution in [0.1, 0.15) is 21.5 Å². The summed E-state index contributed by atoms with van der Waals surface area (Å²) in [7, 11) is -2.03. The van der Waals surface area contributed by atoms with E-state index < -0.39 is 20.2 Å². The lowest BCUT2D eigenvalue weighted by Crippen LogP contribution is -2.15. The van der Waals surface area contributed by atoms with Gasteiger partial charge in [0, 0.05) is 23.7 Å². The van der Waals surface area contributed by atoms with Crippen LogP contribution in [0.3, 0.4) is 0 Å². The van der Waals surface area contributed by atoms with Gasteiger partial charge in [-0.2, -0.15) is 4.98 Å². The molecule has 5 aromatic rings. The monoisotopic (exact) mass is 521 g/mol. The van der Waals surface area contributed by atoms with Crippen molar-refractivity contribution in [1.29, 1.82) is 0 Å². The number of aryl methyl sites for hydroxylation is 2. The molecule has 5 rings (SSSR count). The van der Waals surface area contributed by atoms with Gasteiger partial charge in [0.1, 0.15) is 22.0 Å². The second-order valence-corrected chi connectivity index (χ2v) is 11.8. The van der Waals surface area contributed by atoms with Gasteiger partial charge >= 0.3 is 0 Å². The van der Waals surface area contributed by atoms with E-state index in [1.807, 2.05) is 49.2 Å². The Hall–Kier alpha value is -3.50. The van der Waals surface area contributed by atoms with Crippen LogP contribution in [0.15, 0.2) is 71.6 Å².